The minimum atomic E-state index is -0.177. The van der Waals surface area contributed by atoms with Crippen LogP contribution in [0.4, 0.5) is 5.13 Å². The normalized spacial score (nSPS) is 13.6. The number of thiazole rings is 1. The molecule has 1 amide bonds. The fourth-order valence-corrected chi connectivity index (χ4v) is 5.15. The van der Waals surface area contributed by atoms with Gasteiger partial charge in [-0.2, -0.15) is 5.10 Å². The molecule has 1 N–H and O–H groups in total. The molecule has 2 aromatic carbocycles. The lowest BCUT2D eigenvalue weighted by Gasteiger charge is -2.23. The van der Waals surface area contributed by atoms with Gasteiger partial charge in [0.05, 0.1) is 17.8 Å². The fraction of sp³-hybridized carbons (Fsp3) is 0.269. The number of nitrogens with one attached hydrogen (secondary N) is 1. The SMILES string of the molecule is CCN1CCc2nc(NC(=O)c3cn(Cc4ccccc4)nc3-c3ccc(C)cc3)sc2C1. The predicted molar refractivity (Wildman–Crippen MR) is 133 cm³/mol. The number of nitrogens with zero attached hydrogens (tertiary/aromatic N) is 4. The Bertz CT molecular complexity index is 1260. The number of benzene rings is 2. The minimum Gasteiger partial charge on any atom is -0.298 e. The molecule has 33 heavy (non-hydrogen) atoms. The Hall–Kier alpha value is -3.29. The quantitative estimate of drug-likeness (QED) is 0.443. The molecule has 2 aromatic heterocycles. The summed E-state index contributed by atoms with van der Waals surface area (Å²) < 4.78 is 1.84. The number of hydrogen-bond donors (Lipinski definition) is 1. The van der Waals surface area contributed by atoms with E-state index >= 15 is 0 Å². The van der Waals surface area contributed by atoms with Crippen molar-refractivity contribution >= 4 is 22.4 Å². The van der Waals surface area contributed by atoms with Gasteiger partial charge in [0.25, 0.3) is 5.91 Å². The monoisotopic (exact) mass is 457 g/mol. The molecule has 0 spiro atoms. The van der Waals surface area contributed by atoms with Crippen LogP contribution in [0.2, 0.25) is 0 Å². The molecule has 0 unspecified atom stereocenters. The molecular formula is C26H27N5OS. The Morgan fingerprint density at radius 1 is 1.12 bits per heavy atom. The fourth-order valence-electron chi connectivity index (χ4n) is 4.10. The Morgan fingerprint density at radius 2 is 1.91 bits per heavy atom. The summed E-state index contributed by atoms with van der Waals surface area (Å²) >= 11 is 1.58. The maximum atomic E-state index is 13.4. The number of fused-ring (bicyclic) bond motifs is 1. The number of aryl methyl sites for hydroxylation is 1. The molecule has 0 bridgehead atoms. The van der Waals surface area contributed by atoms with E-state index < -0.39 is 0 Å². The minimum absolute atomic E-state index is 0.177. The molecule has 0 radical (unpaired) electrons. The van der Waals surface area contributed by atoms with Crippen LogP contribution >= 0.6 is 11.3 Å². The van der Waals surface area contributed by atoms with Crippen molar-refractivity contribution in [1.82, 2.24) is 19.7 Å². The van der Waals surface area contributed by atoms with Gasteiger partial charge in [-0.15, -0.1) is 11.3 Å². The summed E-state index contributed by atoms with van der Waals surface area (Å²) in [5, 5.41) is 8.49. The van der Waals surface area contributed by atoms with Crippen LogP contribution in [0.15, 0.2) is 60.8 Å². The molecule has 0 atom stereocenters. The molecule has 0 fully saturated rings. The van der Waals surface area contributed by atoms with Gasteiger partial charge in [-0.3, -0.25) is 19.7 Å². The van der Waals surface area contributed by atoms with Crippen molar-refractivity contribution in [2.45, 2.75) is 33.4 Å². The van der Waals surface area contributed by atoms with Crippen LogP contribution < -0.4 is 5.32 Å². The maximum absolute atomic E-state index is 13.4. The number of carbonyl (C=O) groups excluding carboxylic acids is 1. The van der Waals surface area contributed by atoms with Gasteiger partial charge in [0.2, 0.25) is 0 Å². The summed E-state index contributed by atoms with van der Waals surface area (Å²) in [7, 11) is 0. The lowest BCUT2D eigenvalue weighted by atomic mass is 10.1. The van der Waals surface area contributed by atoms with Gasteiger partial charge in [0, 0.05) is 36.1 Å². The lowest BCUT2D eigenvalue weighted by Crippen LogP contribution is -2.29. The van der Waals surface area contributed by atoms with E-state index in [1.807, 2.05) is 53.3 Å². The molecule has 168 valence electrons. The van der Waals surface area contributed by atoms with Crippen LogP contribution in [0, 0.1) is 6.92 Å². The van der Waals surface area contributed by atoms with Crippen molar-refractivity contribution in [2.75, 3.05) is 18.4 Å². The highest BCUT2D eigenvalue weighted by molar-refractivity contribution is 7.15. The number of amides is 1. The average Bonchev–Trinajstić information content (AvgIpc) is 3.43. The topological polar surface area (TPSA) is 63.1 Å². The zero-order valence-corrected chi connectivity index (χ0v) is 19.7. The van der Waals surface area contributed by atoms with Crippen molar-refractivity contribution < 1.29 is 4.79 Å². The Kier molecular flexibility index (Phi) is 6.07. The van der Waals surface area contributed by atoms with E-state index in [2.05, 4.69) is 36.2 Å². The summed E-state index contributed by atoms with van der Waals surface area (Å²) in [5.74, 6) is -0.177. The third-order valence-electron chi connectivity index (χ3n) is 6.00. The van der Waals surface area contributed by atoms with Gasteiger partial charge in [0.1, 0.15) is 5.69 Å². The number of aromatic nitrogens is 3. The molecular weight excluding hydrogens is 430 g/mol. The van der Waals surface area contributed by atoms with E-state index in [0.29, 0.717) is 22.9 Å². The molecule has 4 aromatic rings. The van der Waals surface area contributed by atoms with Crippen LogP contribution in [0.3, 0.4) is 0 Å². The van der Waals surface area contributed by atoms with Gasteiger partial charge in [-0.05, 0) is 19.0 Å². The molecule has 1 aliphatic rings. The first kappa shape index (κ1) is 21.6. The highest BCUT2D eigenvalue weighted by Gasteiger charge is 2.23. The van der Waals surface area contributed by atoms with Crippen molar-refractivity contribution in [1.29, 1.82) is 0 Å². The molecule has 7 heteroatoms. The Morgan fingerprint density at radius 3 is 2.67 bits per heavy atom. The van der Waals surface area contributed by atoms with Crippen molar-refractivity contribution in [2.24, 2.45) is 0 Å². The van der Waals surface area contributed by atoms with Gasteiger partial charge >= 0.3 is 0 Å². The second-order valence-corrected chi connectivity index (χ2v) is 9.49. The summed E-state index contributed by atoms with van der Waals surface area (Å²) in [6.45, 7) is 7.78. The second-order valence-electron chi connectivity index (χ2n) is 8.40. The van der Waals surface area contributed by atoms with Crippen molar-refractivity contribution in [3.05, 3.63) is 88.1 Å². The first-order chi connectivity index (χ1) is 16.1. The van der Waals surface area contributed by atoms with E-state index in [0.717, 1.165) is 42.9 Å². The Balaban J connectivity index is 1.44. The van der Waals surface area contributed by atoms with Crippen LogP contribution in [0.1, 0.15) is 39.0 Å². The maximum Gasteiger partial charge on any atom is 0.261 e. The van der Waals surface area contributed by atoms with Crippen molar-refractivity contribution in [3.63, 3.8) is 0 Å². The van der Waals surface area contributed by atoms with E-state index in [4.69, 9.17) is 10.1 Å². The van der Waals surface area contributed by atoms with Gasteiger partial charge in [0.15, 0.2) is 5.13 Å². The summed E-state index contributed by atoms with van der Waals surface area (Å²) in [5.41, 5.74) is 5.58. The smallest absolute Gasteiger partial charge is 0.261 e. The average molecular weight is 458 g/mol. The van der Waals surface area contributed by atoms with E-state index in [9.17, 15) is 4.79 Å². The molecule has 3 heterocycles. The lowest BCUT2D eigenvalue weighted by molar-refractivity contribution is 0.102. The summed E-state index contributed by atoms with van der Waals surface area (Å²) in [6.07, 6.45) is 2.77. The first-order valence-electron chi connectivity index (χ1n) is 11.3. The molecule has 6 nitrogen and oxygen atoms in total. The molecule has 0 saturated carbocycles. The summed E-state index contributed by atoms with van der Waals surface area (Å²) in [6, 6.07) is 18.3. The molecule has 5 rings (SSSR count). The number of rotatable bonds is 6. The Labute approximate surface area is 197 Å². The number of carbonyl (C=O) groups is 1. The largest absolute Gasteiger partial charge is 0.298 e. The van der Waals surface area contributed by atoms with Crippen molar-refractivity contribution in [3.8, 4) is 11.3 Å². The third kappa shape index (κ3) is 4.74. The highest BCUT2D eigenvalue weighted by Crippen LogP contribution is 2.30. The second kappa shape index (κ2) is 9.29. The van der Waals surface area contributed by atoms with Gasteiger partial charge in [-0.25, -0.2) is 4.98 Å². The number of likely N-dealkylation sites (N-methyl/N-ethyl adjacent to an activating group) is 1. The first-order valence-corrected chi connectivity index (χ1v) is 12.1. The van der Waals surface area contributed by atoms with Crippen LogP contribution in [0.5, 0.6) is 0 Å². The zero-order chi connectivity index (χ0) is 22.8. The number of anilines is 1. The molecule has 0 aliphatic carbocycles. The van der Waals surface area contributed by atoms with E-state index in [1.165, 1.54) is 10.4 Å². The van der Waals surface area contributed by atoms with Gasteiger partial charge in [-0.1, -0.05) is 67.1 Å². The molecule has 0 saturated heterocycles. The van der Waals surface area contributed by atoms with E-state index in [-0.39, 0.29) is 5.91 Å². The number of hydrogen-bond acceptors (Lipinski definition) is 5. The van der Waals surface area contributed by atoms with Crippen LogP contribution in [-0.4, -0.2) is 38.7 Å². The third-order valence-corrected chi connectivity index (χ3v) is 6.99. The molecule has 1 aliphatic heterocycles. The van der Waals surface area contributed by atoms with Crippen LogP contribution in [0.25, 0.3) is 11.3 Å². The van der Waals surface area contributed by atoms with E-state index in [1.54, 1.807) is 11.3 Å². The highest BCUT2D eigenvalue weighted by atomic mass is 32.1. The van der Waals surface area contributed by atoms with Gasteiger partial charge < -0.3 is 0 Å². The van der Waals surface area contributed by atoms with Crippen LogP contribution in [-0.2, 0) is 19.5 Å². The zero-order valence-electron chi connectivity index (χ0n) is 18.9. The summed E-state index contributed by atoms with van der Waals surface area (Å²) in [4.78, 5) is 21.7. The standard InChI is InChI=1S/C26H27N5OS/c1-3-30-14-13-22-23(17-30)33-26(27-22)28-25(32)21-16-31(15-19-7-5-4-6-8-19)29-24(21)20-11-9-18(2)10-12-20/h4-12,16H,3,13-15,17H2,1-2H3,(H,27,28,32). The predicted octanol–water partition coefficient (Wildman–Crippen LogP) is 4.99.